The predicted octanol–water partition coefficient (Wildman–Crippen LogP) is 0.848. The van der Waals surface area contributed by atoms with Crippen LogP contribution in [0.3, 0.4) is 0 Å². The van der Waals surface area contributed by atoms with Gasteiger partial charge in [-0.3, -0.25) is 9.78 Å². The molecule has 1 heterocycles. The van der Waals surface area contributed by atoms with Gasteiger partial charge in [0, 0.05) is 18.4 Å². The summed E-state index contributed by atoms with van der Waals surface area (Å²) in [7, 11) is 0. The molecule has 0 aromatic carbocycles. The largest absolute Gasteiger partial charge is 0.481 e. The van der Waals surface area contributed by atoms with Crippen LogP contribution in [0.1, 0.15) is 12.0 Å². The van der Waals surface area contributed by atoms with Crippen LogP contribution in [0.2, 0.25) is 0 Å². The minimum Gasteiger partial charge on any atom is -0.481 e. The van der Waals surface area contributed by atoms with E-state index in [4.69, 9.17) is 10.8 Å². The van der Waals surface area contributed by atoms with Gasteiger partial charge in [0.15, 0.2) is 0 Å². The van der Waals surface area contributed by atoms with Crippen molar-refractivity contribution in [3.8, 4) is 0 Å². The smallest absolute Gasteiger partial charge is 0.304 e. The molecular weight excluding hydrogens is 204 g/mol. The lowest BCUT2D eigenvalue weighted by molar-refractivity contribution is -0.137. The molecule has 0 aliphatic rings. The second-order valence-corrected chi connectivity index (χ2v) is 2.92. The van der Waals surface area contributed by atoms with E-state index in [1.54, 1.807) is 12.4 Å². The predicted molar refractivity (Wildman–Crippen MR) is 55.4 cm³/mol. The first-order valence-electron chi connectivity index (χ1n) is 4.05. The topological polar surface area (TPSA) is 76.2 Å². The quantitative estimate of drug-likeness (QED) is 0.782. The molecule has 5 heteroatoms. The summed E-state index contributed by atoms with van der Waals surface area (Å²) in [4.78, 5) is 14.2. The van der Waals surface area contributed by atoms with Crippen molar-refractivity contribution in [3.63, 3.8) is 0 Å². The van der Waals surface area contributed by atoms with E-state index >= 15 is 0 Å². The maximum Gasteiger partial charge on any atom is 0.304 e. The van der Waals surface area contributed by atoms with Crippen LogP contribution in [0.15, 0.2) is 24.5 Å². The van der Waals surface area contributed by atoms with Gasteiger partial charge in [-0.15, -0.1) is 12.4 Å². The number of aliphatic carboxylic acids is 1. The number of carbonyl (C=O) groups is 1. The van der Waals surface area contributed by atoms with E-state index in [1.807, 2.05) is 12.1 Å². The maximum absolute atomic E-state index is 10.3. The Hall–Kier alpha value is -1.13. The van der Waals surface area contributed by atoms with Crippen molar-refractivity contribution in [2.45, 2.75) is 18.9 Å². The lowest BCUT2D eigenvalue weighted by Crippen LogP contribution is -2.26. The average Bonchev–Trinajstić information content (AvgIpc) is 2.04. The highest BCUT2D eigenvalue weighted by molar-refractivity contribution is 5.85. The first-order chi connectivity index (χ1) is 6.18. The number of rotatable bonds is 4. The molecular formula is C9H13ClN2O2. The van der Waals surface area contributed by atoms with Crippen molar-refractivity contribution in [2.24, 2.45) is 5.73 Å². The molecule has 0 unspecified atom stereocenters. The maximum atomic E-state index is 10.3. The number of halogens is 1. The molecule has 14 heavy (non-hydrogen) atoms. The summed E-state index contributed by atoms with van der Waals surface area (Å²) in [6.45, 7) is 0. The van der Waals surface area contributed by atoms with Crippen LogP contribution in [0.25, 0.3) is 0 Å². The van der Waals surface area contributed by atoms with Gasteiger partial charge in [-0.1, -0.05) is 6.07 Å². The zero-order valence-corrected chi connectivity index (χ0v) is 8.41. The van der Waals surface area contributed by atoms with Gasteiger partial charge in [-0.25, -0.2) is 0 Å². The van der Waals surface area contributed by atoms with E-state index in [1.165, 1.54) is 0 Å². The summed E-state index contributed by atoms with van der Waals surface area (Å²) in [5, 5.41) is 8.47. The van der Waals surface area contributed by atoms with Crippen LogP contribution < -0.4 is 5.73 Å². The van der Waals surface area contributed by atoms with Gasteiger partial charge in [-0.05, 0) is 18.1 Å². The Labute approximate surface area is 88.6 Å². The zero-order chi connectivity index (χ0) is 9.68. The number of carboxylic acids is 1. The Bertz CT molecular complexity index is 279. The minimum absolute atomic E-state index is 0. The third-order valence-corrected chi connectivity index (χ3v) is 1.66. The van der Waals surface area contributed by atoms with E-state index < -0.39 is 5.97 Å². The summed E-state index contributed by atoms with van der Waals surface area (Å²) in [5.74, 6) is -0.864. The summed E-state index contributed by atoms with van der Waals surface area (Å²) >= 11 is 0. The fraction of sp³-hybridized carbons (Fsp3) is 0.333. The first kappa shape index (κ1) is 12.9. The van der Waals surface area contributed by atoms with Crippen molar-refractivity contribution in [2.75, 3.05) is 0 Å². The molecule has 78 valence electrons. The third kappa shape index (κ3) is 4.79. The van der Waals surface area contributed by atoms with Gasteiger partial charge in [-0.2, -0.15) is 0 Å². The molecule has 0 fully saturated rings. The zero-order valence-electron chi connectivity index (χ0n) is 7.59. The van der Waals surface area contributed by atoms with Crippen LogP contribution in [0.4, 0.5) is 0 Å². The van der Waals surface area contributed by atoms with Crippen LogP contribution in [-0.4, -0.2) is 22.1 Å². The van der Waals surface area contributed by atoms with E-state index in [9.17, 15) is 4.79 Å². The number of hydrogen-bond acceptors (Lipinski definition) is 3. The molecule has 1 atom stereocenters. The van der Waals surface area contributed by atoms with Crippen molar-refractivity contribution < 1.29 is 9.90 Å². The molecule has 0 spiro atoms. The first-order valence-corrected chi connectivity index (χ1v) is 4.05. The number of pyridine rings is 1. The Balaban J connectivity index is 0.00000169. The van der Waals surface area contributed by atoms with Gasteiger partial charge >= 0.3 is 5.97 Å². The standard InChI is InChI=1S/C9H12N2O2.ClH/c10-8(5-9(12)13)4-7-2-1-3-11-6-7;/h1-3,6,8H,4-5,10H2,(H,12,13);1H/t8-;/m0./s1. The van der Waals surface area contributed by atoms with Crippen molar-refractivity contribution in [1.29, 1.82) is 0 Å². The molecule has 3 N–H and O–H groups in total. The lowest BCUT2D eigenvalue weighted by Gasteiger charge is -2.07. The van der Waals surface area contributed by atoms with Gasteiger partial charge in [0.2, 0.25) is 0 Å². The molecule has 4 nitrogen and oxygen atoms in total. The SMILES string of the molecule is Cl.N[C@H](CC(=O)O)Cc1cccnc1. The van der Waals surface area contributed by atoms with Crippen molar-refractivity contribution in [1.82, 2.24) is 4.98 Å². The van der Waals surface area contributed by atoms with Gasteiger partial charge in [0.1, 0.15) is 0 Å². The normalized spacial score (nSPS) is 11.5. The highest BCUT2D eigenvalue weighted by atomic mass is 35.5. The molecule has 1 rings (SSSR count). The van der Waals surface area contributed by atoms with Crippen LogP contribution >= 0.6 is 12.4 Å². The fourth-order valence-electron chi connectivity index (χ4n) is 1.12. The van der Waals surface area contributed by atoms with Crippen LogP contribution in [0, 0.1) is 0 Å². The fourth-order valence-corrected chi connectivity index (χ4v) is 1.12. The molecule has 0 aliphatic carbocycles. The second kappa shape index (κ2) is 6.34. The Kier molecular flexibility index (Phi) is 5.83. The van der Waals surface area contributed by atoms with Crippen LogP contribution in [0.5, 0.6) is 0 Å². The van der Waals surface area contributed by atoms with E-state index in [-0.39, 0.29) is 24.9 Å². The molecule has 1 aromatic heterocycles. The molecule has 0 amide bonds. The van der Waals surface area contributed by atoms with Crippen molar-refractivity contribution >= 4 is 18.4 Å². The summed E-state index contributed by atoms with van der Waals surface area (Å²) in [5.41, 5.74) is 6.57. The number of hydrogen-bond donors (Lipinski definition) is 2. The van der Waals surface area contributed by atoms with Gasteiger partial charge in [0.05, 0.1) is 6.42 Å². The number of nitrogens with two attached hydrogens (primary N) is 1. The molecule has 0 radical (unpaired) electrons. The number of nitrogens with zero attached hydrogens (tertiary/aromatic N) is 1. The molecule has 0 bridgehead atoms. The van der Waals surface area contributed by atoms with Gasteiger partial charge < -0.3 is 10.8 Å². The molecule has 1 aromatic rings. The summed E-state index contributed by atoms with van der Waals surface area (Å²) < 4.78 is 0. The third-order valence-electron chi connectivity index (χ3n) is 1.66. The Morgan fingerprint density at radius 2 is 2.36 bits per heavy atom. The van der Waals surface area contributed by atoms with E-state index in [2.05, 4.69) is 4.98 Å². The van der Waals surface area contributed by atoms with Crippen molar-refractivity contribution in [3.05, 3.63) is 30.1 Å². The van der Waals surface area contributed by atoms with Crippen LogP contribution in [-0.2, 0) is 11.2 Å². The second-order valence-electron chi connectivity index (χ2n) is 2.92. The Morgan fingerprint density at radius 1 is 1.64 bits per heavy atom. The van der Waals surface area contributed by atoms with E-state index in [0.717, 1.165) is 5.56 Å². The summed E-state index contributed by atoms with van der Waals surface area (Å²) in [6.07, 6.45) is 3.92. The summed E-state index contributed by atoms with van der Waals surface area (Å²) in [6, 6.07) is 3.36. The number of aromatic nitrogens is 1. The van der Waals surface area contributed by atoms with E-state index in [0.29, 0.717) is 6.42 Å². The molecule has 0 aliphatic heterocycles. The monoisotopic (exact) mass is 216 g/mol. The van der Waals surface area contributed by atoms with Gasteiger partial charge in [0.25, 0.3) is 0 Å². The Morgan fingerprint density at radius 3 is 2.86 bits per heavy atom. The molecule has 0 saturated carbocycles. The molecule has 0 saturated heterocycles. The number of carboxylic acid groups (broad SMARTS) is 1. The average molecular weight is 217 g/mol. The minimum atomic E-state index is -0.864. The highest BCUT2D eigenvalue weighted by Crippen LogP contribution is 2.01. The highest BCUT2D eigenvalue weighted by Gasteiger charge is 2.08. The lowest BCUT2D eigenvalue weighted by atomic mass is 10.1.